The maximum atomic E-state index is 11.8. The van der Waals surface area contributed by atoms with E-state index in [0.29, 0.717) is 25.6 Å². The second-order valence-electron chi connectivity index (χ2n) is 4.01. The number of nitrogens with zero attached hydrogens (tertiary/aromatic N) is 3. The Balaban J connectivity index is 2.30. The monoisotopic (exact) mass is 209 g/mol. The van der Waals surface area contributed by atoms with Gasteiger partial charge in [-0.3, -0.25) is 9.69 Å². The molecule has 15 heavy (non-hydrogen) atoms. The molecule has 0 aliphatic heterocycles. The molecule has 4 heteroatoms. The van der Waals surface area contributed by atoms with Crippen LogP contribution in [-0.4, -0.2) is 48.4 Å². The van der Waals surface area contributed by atoms with Gasteiger partial charge >= 0.3 is 0 Å². The van der Waals surface area contributed by atoms with Crippen molar-refractivity contribution in [2.45, 2.75) is 32.2 Å². The van der Waals surface area contributed by atoms with Crippen LogP contribution in [0.2, 0.25) is 0 Å². The fraction of sp³-hybridized carbons (Fsp3) is 0.818. The fourth-order valence-corrected chi connectivity index (χ4v) is 1.53. The van der Waals surface area contributed by atoms with E-state index in [1.165, 1.54) is 0 Å². The molecule has 0 unspecified atom stereocenters. The fourth-order valence-electron chi connectivity index (χ4n) is 1.53. The molecule has 0 aromatic rings. The third-order valence-electron chi connectivity index (χ3n) is 2.83. The second-order valence-corrected chi connectivity index (χ2v) is 4.01. The number of hydrogen-bond acceptors (Lipinski definition) is 3. The van der Waals surface area contributed by atoms with Gasteiger partial charge in [-0.05, 0) is 19.4 Å². The maximum Gasteiger partial charge on any atom is 0.236 e. The van der Waals surface area contributed by atoms with E-state index in [1.54, 1.807) is 0 Å². The summed E-state index contributed by atoms with van der Waals surface area (Å²) < 4.78 is 0. The lowest BCUT2D eigenvalue weighted by Gasteiger charge is -2.22. The molecule has 1 rings (SSSR count). The molecule has 0 aromatic carbocycles. The van der Waals surface area contributed by atoms with Gasteiger partial charge in [0.05, 0.1) is 12.6 Å². The summed E-state index contributed by atoms with van der Waals surface area (Å²) in [5, 5.41) is 8.48. The molecule has 0 bridgehead atoms. The van der Waals surface area contributed by atoms with Crippen LogP contribution in [0.25, 0.3) is 0 Å². The summed E-state index contributed by atoms with van der Waals surface area (Å²) in [4.78, 5) is 15.6. The third kappa shape index (κ3) is 3.88. The number of hydrogen-bond donors (Lipinski definition) is 0. The van der Waals surface area contributed by atoms with E-state index in [4.69, 9.17) is 5.26 Å². The standard InChI is InChI=1S/C11H19N3O/c1-3-14(8-4-7-12)9-11(15)13(2)10-5-6-10/h10H,3-6,8-9H2,1-2H3. The number of amides is 1. The van der Waals surface area contributed by atoms with Gasteiger partial charge in [0.25, 0.3) is 0 Å². The Morgan fingerprint density at radius 2 is 2.20 bits per heavy atom. The minimum absolute atomic E-state index is 0.178. The molecule has 0 heterocycles. The highest BCUT2D eigenvalue weighted by atomic mass is 16.2. The molecule has 0 N–H and O–H groups in total. The van der Waals surface area contributed by atoms with E-state index in [9.17, 15) is 4.79 Å². The Bertz CT molecular complexity index is 255. The molecule has 0 spiro atoms. The number of likely N-dealkylation sites (N-methyl/N-ethyl adjacent to an activating group) is 2. The van der Waals surface area contributed by atoms with Crippen LogP contribution in [0.3, 0.4) is 0 Å². The van der Waals surface area contributed by atoms with Crippen LogP contribution in [0.1, 0.15) is 26.2 Å². The van der Waals surface area contributed by atoms with Gasteiger partial charge < -0.3 is 4.90 Å². The average Bonchev–Trinajstić information content (AvgIpc) is 3.06. The maximum absolute atomic E-state index is 11.8. The van der Waals surface area contributed by atoms with Gasteiger partial charge in [0.15, 0.2) is 0 Å². The second kappa shape index (κ2) is 5.72. The first-order valence-corrected chi connectivity index (χ1v) is 5.54. The summed E-state index contributed by atoms with van der Waals surface area (Å²) in [5.74, 6) is 0.178. The molecule has 1 fully saturated rings. The van der Waals surface area contributed by atoms with E-state index in [2.05, 4.69) is 6.07 Å². The molecule has 1 saturated carbocycles. The van der Waals surface area contributed by atoms with E-state index >= 15 is 0 Å². The van der Waals surface area contributed by atoms with Crippen LogP contribution in [0.5, 0.6) is 0 Å². The van der Waals surface area contributed by atoms with Crippen molar-refractivity contribution in [3.8, 4) is 6.07 Å². The summed E-state index contributed by atoms with van der Waals surface area (Å²) in [6.07, 6.45) is 2.79. The average molecular weight is 209 g/mol. The largest absolute Gasteiger partial charge is 0.342 e. The smallest absolute Gasteiger partial charge is 0.236 e. The van der Waals surface area contributed by atoms with Crippen LogP contribution < -0.4 is 0 Å². The molecule has 0 aromatic heterocycles. The lowest BCUT2D eigenvalue weighted by molar-refractivity contribution is -0.131. The Morgan fingerprint density at radius 3 is 2.67 bits per heavy atom. The summed E-state index contributed by atoms with van der Waals surface area (Å²) in [5.41, 5.74) is 0. The van der Waals surface area contributed by atoms with Crippen LogP contribution in [0, 0.1) is 11.3 Å². The lowest BCUT2D eigenvalue weighted by atomic mass is 10.3. The Labute approximate surface area is 91.5 Å². The normalized spacial score (nSPS) is 15.1. The number of rotatable bonds is 6. The Kier molecular flexibility index (Phi) is 4.57. The Hall–Kier alpha value is -1.08. The van der Waals surface area contributed by atoms with Gasteiger partial charge in [0, 0.05) is 26.1 Å². The molecule has 1 aliphatic carbocycles. The lowest BCUT2D eigenvalue weighted by Crippen LogP contribution is -2.39. The van der Waals surface area contributed by atoms with Crippen LogP contribution in [-0.2, 0) is 4.79 Å². The first-order valence-electron chi connectivity index (χ1n) is 5.54. The highest BCUT2D eigenvalue weighted by molar-refractivity contribution is 5.78. The van der Waals surface area contributed by atoms with Gasteiger partial charge in [0.2, 0.25) is 5.91 Å². The molecular weight excluding hydrogens is 190 g/mol. The predicted octanol–water partition coefficient (Wildman–Crippen LogP) is 0.843. The van der Waals surface area contributed by atoms with Crippen molar-refractivity contribution in [1.29, 1.82) is 5.26 Å². The van der Waals surface area contributed by atoms with Gasteiger partial charge in [-0.25, -0.2) is 0 Å². The molecule has 1 aliphatic rings. The summed E-state index contributed by atoms with van der Waals surface area (Å²) in [7, 11) is 1.87. The van der Waals surface area contributed by atoms with E-state index < -0.39 is 0 Å². The molecule has 0 atom stereocenters. The van der Waals surface area contributed by atoms with Crippen molar-refractivity contribution in [3.05, 3.63) is 0 Å². The van der Waals surface area contributed by atoms with Crippen molar-refractivity contribution in [2.75, 3.05) is 26.7 Å². The van der Waals surface area contributed by atoms with Gasteiger partial charge in [-0.1, -0.05) is 6.92 Å². The van der Waals surface area contributed by atoms with E-state index in [-0.39, 0.29) is 5.91 Å². The zero-order chi connectivity index (χ0) is 11.3. The third-order valence-corrected chi connectivity index (χ3v) is 2.83. The van der Waals surface area contributed by atoms with Gasteiger partial charge in [0.1, 0.15) is 0 Å². The number of carbonyl (C=O) groups is 1. The molecular formula is C11H19N3O. The quantitative estimate of drug-likeness (QED) is 0.651. The number of carbonyl (C=O) groups excluding carboxylic acids is 1. The summed E-state index contributed by atoms with van der Waals surface area (Å²) >= 11 is 0. The Morgan fingerprint density at radius 1 is 1.53 bits per heavy atom. The minimum Gasteiger partial charge on any atom is -0.342 e. The SMILES string of the molecule is CCN(CCC#N)CC(=O)N(C)C1CC1. The zero-order valence-electron chi connectivity index (χ0n) is 9.57. The van der Waals surface area contributed by atoms with Crippen molar-refractivity contribution < 1.29 is 4.79 Å². The first-order chi connectivity index (χ1) is 7.19. The minimum atomic E-state index is 0.178. The predicted molar refractivity (Wildman–Crippen MR) is 58.1 cm³/mol. The van der Waals surface area contributed by atoms with Crippen LogP contribution in [0.15, 0.2) is 0 Å². The van der Waals surface area contributed by atoms with Crippen molar-refractivity contribution >= 4 is 5.91 Å². The molecule has 1 amide bonds. The van der Waals surface area contributed by atoms with Crippen molar-refractivity contribution in [3.63, 3.8) is 0 Å². The molecule has 0 saturated heterocycles. The topological polar surface area (TPSA) is 47.3 Å². The zero-order valence-corrected chi connectivity index (χ0v) is 9.57. The van der Waals surface area contributed by atoms with Crippen molar-refractivity contribution in [2.24, 2.45) is 0 Å². The van der Waals surface area contributed by atoms with Gasteiger partial charge in [-0.2, -0.15) is 5.26 Å². The summed E-state index contributed by atoms with van der Waals surface area (Å²) in [6.45, 7) is 3.98. The highest BCUT2D eigenvalue weighted by Crippen LogP contribution is 2.25. The highest BCUT2D eigenvalue weighted by Gasteiger charge is 2.29. The van der Waals surface area contributed by atoms with E-state index in [0.717, 1.165) is 19.4 Å². The van der Waals surface area contributed by atoms with Crippen LogP contribution in [0.4, 0.5) is 0 Å². The molecule has 4 nitrogen and oxygen atoms in total. The van der Waals surface area contributed by atoms with Crippen molar-refractivity contribution in [1.82, 2.24) is 9.80 Å². The first kappa shape index (κ1) is 12.0. The van der Waals surface area contributed by atoms with Crippen LogP contribution >= 0.6 is 0 Å². The van der Waals surface area contributed by atoms with Gasteiger partial charge in [-0.15, -0.1) is 0 Å². The summed E-state index contributed by atoms with van der Waals surface area (Å²) in [6, 6.07) is 2.58. The molecule has 0 radical (unpaired) electrons. The number of nitriles is 1. The molecule has 84 valence electrons. The van der Waals surface area contributed by atoms with E-state index in [1.807, 2.05) is 23.8 Å².